The third kappa shape index (κ3) is 37.8. The summed E-state index contributed by atoms with van der Waals surface area (Å²) in [5.74, 6) is 0.414. The van der Waals surface area contributed by atoms with Gasteiger partial charge in [0.25, 0.3) is 0 Å². The predicted octanol–water partition coefficient (Wildman–Crippen LogP) is 13.3. The second-order valence-corrected chi connectivity index (χ2v) is 13.0. The molecule has 0 aromatic heterocycles. The summed E-state index contributed by atoms with van der Waals surface area (Å²) in [7, 11) is 0. The van der Waals surface area contributed by atoms with Gasteiger partial charge in [-0.3, -0.25) is 4.79 Å². The van der Waals surface area contributed by atoms with E-state index in [1.54, 1.807) is 0 Å². The SMILES string of the molecule is O=C(O)CCCCCCCCCCCCCCCCCCCCCCCCCCCCCCCCCCCS. The number of hydrogen-bond donors (Lipinski definition) is 2. The number of carboxylic acid groups (broad SMARTS) is 1. The molecule has 0 aliphatic carbocycles. The summed E-state index contributed by atoms with van der Waals surface area (Å²) >= 11 is 4.28. The average Bonchev–Trinajstić information content (AvgIpc) is 2.93. The van der Waals surface area contributed by atoms with Crippen molar-refractivity contribution in [1.82, 2.24) is 0 Å². The molecule has 0 amide bonds. The summed E-state index contributed by atoms with van der Waals surface area (Å²) in [5.41, 5.74) is 0. The monoisotopic (exact) mass is 569 g/mol. The summed E-state index contributed by atoms with van der Waals surface area (Å²) in [5, 5.41) is 8.63. The van der Waals surface area contributed by atoms with Gasteiger partial charge in [0.2, 0.25) is 0 Å². The van der Waals surface area contributed by atoms with Crippen LogP contribution in [0.1, 0.15) is 218 Å². The maximum absolute atomic E-state index is 10.5. The largest absolute Gasteiger partial charge is 0.481 e. The molecule has 0 fully saturated rings. The van der Waals surface area contributed by atoms with Gasteiger partial charge in [0.05, 0.1) is 0 Å². The first-order valence-corrected chi connectivity index (χ1v) is 18.7. The van der Waals surface area contributed by atoms with Gasteiger partial charge < -0.3 is 5.11 Å². The first-order valence-electron chi connectivity index (χ1n) is 18.1. The third-order valence-corrected chi connectivity index (χ3v) is 8.86. The van der Waals surface area contributed by atoms with E-state index >= 15 is 0 Å². The van der Waals surface area contributed by atoms with E-state index in [0.717, 1.165) is 18.6 Å². The molecule has 0 saturated heterocycles. The van der Waals surface area contributed by atoms with Crippen molar-refractivity contribution < 1.29 is 9.90 Å². The topological polar surface area (TPSA) is 37.3 Å². The molecule has 0 atom stereocenters. The molecule has 0 rings (SSSR count). The smallest absolute Gasteiger partial charge is 0.303 e. The standard InChI is InChI=1S/C36H72O2S/c37-36(38)34-32-30-28-26-24-22-20-18-16-14-12-10-8-6-4-2-1-3-5-7-9-11-13-15-17-19-21-23-25-27-29-31-33-35-39/h39H,1-35H2,(H,37,38). The molecule has 39 heavy (non-hydrogen) atoms. The lowest BCUT2D eigenvalue weighted by atomic mass is 10.0. The normalized spacial score (nSPS) is 11.4. The molecule has 0 radical (unpaired) electrons. The predicted molar refractivity (Wildman–Crippen MR) is 178 cm³/mol. The van der Waals surface area contributed by atoms with E-state index in [9.17, 15) is 4.79 Å². The summed E-state index contributed by atoms with van der Waals surface area (Å²) in [6.45, 7) is 0. The van der Waals surface area contributed by atoms with Crippen LogP contribution < -0.4 is 0 Å². The molecule has 2 nitrogen and oxygen atoms in total. The van der Waals surface area contributed by atoms with E-state index in [0.29, 0.717) is 6.42 Å². The highest BCUT2D eigenvalue weighted by molar-refractivity contribution is 7.80. The lowest BCUT2D eigenvalue weighted by molar-refractivity contribution is -0.137. The van der Waals surface area contributed by atoms with Gasteiger partial charge in [-0.25, -0.2) is 0 Å². The van der Waals surface area contributed by atoms with Gasteiger partial charge in [0, 0.05) is 6.42 Å². The Hall–Kier alpha value is -0.180. The number of aliphatic carboxylic acids is 1. The number of thiol groups is 1. The van der Waals surface area contributed by atoms with Gasteiger partial charge in [-0.1, -0.05) is 199 Å². The lowest BCUT2D eigenvalue weighted by Gasteiger charge is -2.05. The van der Waals surface area contributed by atoms with Crippen molar-refractivity contribution in [2.24, 2.45) is 0 Å². The van der Waals surface area contributed by atoms with Crippen LogP contribution >= 0.6 is 12.6 Å². The molecular weight excluding hydrogens is 496 g/mol. The van der Waals surface area contributed by atoms with Crippen LogP contribution in [0.5, 0.6) is 0 Å². The molecule has 0 saturated carbocycles. The summed E-state index contributed by atoms with van der Waals surface area (Å²) in [4.78, 5) is 10.5. The van der Waals surface area contributed by atoms with Crippen LogP contribution in [0.15, 0.2) is 0 Å². The van der Waals surface area contributed by atoms with Crippen LogP contribution in [-0.2, 0) is 4.79 Å². The average molecular weight is 569 g/mol. The molecule has 0 aliphatic heterocycles. The van der Waals surface area contributed by atoms with Crippen LogP contribution in [0.3, 0.4) is 0 Å². The number of carbonyl (C=O) groups is 1. The fourth-order valence-corrected chi connectivity index (χ4v) is 6.09. The molecule has 234 valence electrons. The van der Waals surface area contributed by atoms with Crippen LogP contribution in [0, 0.1) is 0 Å². The van der Waals surface area contributed by atoms with E-state index in [1.807, 2.05) is 0 Å². The van der Waals surface area contributed by atoms with E-state index in [2.05, 4.69) is 12.6 Å². The minimum absolute atomic E-state index is 0.346. The minimum atomic E-state index is -0.648. The number of hydrogen-bond acceptors (Lipinski definition) is 2. The molecule has 0 spiro atoms. The zero-order chi connectivity index (χ0) is 28.3. The number of unbranched alkanes of at least 4 members (excludes halogenated alkanes) is 32. The van der Waals surface area contributed by atoms with Crippen LogP contribution in [0.25, 0.3) is 0 Å². The molecular formula is C36H72O2S. The Bertz CT molecular complexity index is 453. The molecule has 3 heteroatoms. The number of carboxylic acids is 1. The van der Waals surface area contributed by atoms with Crippen molar-refractivity contribution in [3.63, 3.8) is 0 Å². The molecule has 0 aromatic carbocycles. The van der Waals surface area contributed by atoms with Crippen LogP contribution in [0.2, 0.25) is 0 Å². The Morgan fingerprint density at radius 3 is 0.615 bits per heavy atom. The highest BCUT2D eigenvalue weighted by atomic mass is 32.1. The van der Waals surface area contributed by atoms with Gasteiger partial charge >= 0.3 is 5.97 Å². The quantitative estimate of drug-likeness (QED) is 0.0589. The second-order valence-electron chi connectivity index (χ2n) is 12.5. The Balaban J connectivity index is 3.02. The van der Waals surface area contributed by atoms with Crippen molar-refractivity contribution in [1.29, 1.82) is 0 Å². The highest BCUT2D eigenvalue weighted by Crippen LogP contribution is 2.17. The second kappa shape index (κ2) is 35.8. The van der Waals surface area contributed by atoms with E-state index < -0.39 is 5.97 Å². The van der Waals surface area contributed by atoms with Crippen molar-refractivity contribution in [2.45, 2.75) is 218 Å². The fraction of sp³-hybridized carbons (Fsp3) is 0.972. The zero-order valence-corrected chi connectivity index (χ0v) is 27.4. The Morgan fingerprint density at radius 1 is 0.308 bits per heavy atom. The third-order valence-electron chi connectivity index (χ3n) is 8.55. The molecule has 0 bridgehead atoms. The molecule has 0 unspecified atom stereocenters. The van der Waals surface area contributed by atoms with Crippen LogP contribution in [-0.4, -0.2) is 16.8 Å². The van der Waals surface area contributed by atoms with Crippen molar-refractivity contribution in [3.8, 4) is 0 Å². The van der Waals surface area contributed by atoms with Crippen molar-refractivity contribution >= 4 is 18.6 Å². The highest BCUT2D eigenvalue weighted by Gasteiger charge is 1.98. The summed E-state index contributed by atoms with van der Waals surface area (Å²) in [6.07, 6.45) is 46.6. The van der Waals surface area contributed by atoms with Gasteiger partial charge in [0.15, 0.2) is 0 Å². The Kier molecular flexibility index (Phi) is 35.7. The van der Waals surface area contributed by atoms with Crippen LogP contribution in [0.4, 0.5) is 0 Å². The van der Waals surface area contributed by atoms with Gasteiger partial charge in [-0.15, -0.1) is 0 Å². The zero-order valence-electron chi connectivity index (χ0n) is 26.6. The van der Waals surface area contributed by atoms with Crippen molar-refractivity contribution in [2.75, 3.05) is 5.75 Å². The molecule has 0 heterocycles. The first-order chi connectivity index (χ1) is 19.3. The molecule has 1 N–H and O–H groups in total. The lowest BCUT2D eigenvalue weighted by Crippen LogP contribution is -1.93. The summed E-state index contributed by atoms with van der Waals surface area (Å²) in [6, 6.07) is 0. The van der Waals surface area contributed by atoms with E-state index in [4.69, 9.17) is 5.11 Å². The summed E-state index contributed by atoms with van der Waals surface area (Å²) < 4.78 is 0. The first kappa shape index (κ1) is 38.8. The number of rotatable bonds is 35. The van der Waals surface area contributed by atoms with Gasteiger partial charge in [0.1, 0.15) is 0 Å². The van der Waals surface area contributed by atoms with Gasteiger partial charge in [-0.05, 0) is 18.6 Å². The van der Waals surface area contributed by atoms with Gasteiger partial charge in [-0.2, -0.15) is 12.6 Å². The fourth-order valence-electron chi connectivity index (χ4n) is 5.87. The Labute approximate surface area is 252 Å². The Morgan fingerprint density at radius 2 is 0.462 bits per heavy atom. The minimum Gasteiger partial charge on any atom is -0.481 e. The molecule has 0 aliphatic rings. The van der Waals surface area contributed by atoms with E-state index in [1.165, 1.54) is 199 Å². The van der Waals surface area contributed by atoms with E-state index in [-0.39, 0.29) is 0 Å². The maximum atomic E-state index is 10.5. The molecule has 0 aromatic rings. The maximum Gasteiger partial charge on any atom is 0.303 e. The van der Waals surface area contributed by atoms with Crippen molar-refractivity contribution in [3.05, 3.63) is 0 Å².